The van der Waals surface area contributed by atoms with E-state index in [0.717, 1.165) is 11.1 Å². The molecule has 4 nitrogen and oxygen atoms in total. The summed E-state index contributed by atoms with van der Waals surface area (Å²) in [6.07, 6.45) is 0.253. The highest BCUT2D eigenvalue weighted by Gasteiger charge is 2.79. The maximum Gasteiger partial charge on any atom is 0.324 e. The molecular formula is C19H16Cl2O4. The van der Waals surface area contributed by atoms with Crippen molar-refractivity contribution in [3.63, 3.8) is 0 Å². The fourth-order valence-corrected chi connectivity index (χ4v) is 3.86. The molecule has 0 aromatic heterocycles. The molecule has 0 atom stereocenters. The third kappa shape index (κ3) is 2.52. The van der Waals surface area contributed by atoms with Gasteiger partial charge in [-0.1, -0.05) is 47.5 Å². The van der Waals surface area contributed by atoms with Crippen molar-refractivity contribution in [1.29, 1.82) is 0 Å². The molecule has 3 rings (SSSR count). The largest absolute Gasteiger partial charge is 0.468 e. The average molecular weight is 379 g/mol. The van der Waals surface area contributed by atoms with Crippen LogP contribution in [0.15, 0.2) is 48.5 Å². The van der Waals surface area contributed by atoms with Crippen molar-refractivity contribution in [1.82, 2.24) is 0 Å². The number of benzene rings is 2. The first-order valence-electron chi connectivity index (χ1n) is 7.61. The number of rotatable bonds is 4. The Hall–Kier alpha value is -2.04. The molecule has 0 aliphatic heterocycles. The van der Waals surface area contributed by atoms with Crippen molar-refractivity contribution >= 4 is 35.1 Å². The number of hydrogen-bond donors (Lipinski definition) is 0. The zero-order chi connectivity index (χ0) is 18.2. The molecule has 0 unspecified atom stereocenters. The highest BCUT2D eigenvalue weighted by Crippen LogP contribution is 2.69. The third-order valence-corrected chi connectivity index (χ3v) is 5.38. The molecule has 1 fully saturated rings. The number of methoxy groups -OCH3 is 2. The minimum absolute atomic E-state index is 0.253. The van der Waals surface area contributed by atoms with E-state index in [1.807, 2.05) is 24.3 Å². The van der Waals surface area contributed by atoms with Gasteiger partial charge in [0, 0.05) is 15.5 Å². The Bertz CT molecular complexity index is 751. The molecule has 0 N–H and O–H groups in total. The Kier molecular flexibility index (Phi) is 4.52. The Morgan fingerprint density at radius 1 is 0.800 bits per heavy atom. The number of hydrogen-bond acceptors (Lipinski definition) is 4. The van der Waals surface area contributed by atoms with Crippen LogP contribution in [0.3, 0.4) is 0 Å². The second-order valence-electron chi connectivity index (χ2n) is 5.98. The van der Waals surface area contributed by atoms with Crippen LogP contribution in [0.2, 0.25) is 10.0 Å². The molecule has 2 aromatic rings. The Morgan fingerprint density at radius 2 is 1.16 bits per heavy atom. The molecule has 0 saturated heterocycles. The lowest BCUT2D eigenvalue weighted by molar-refractivity contribution is -0.162. The first-order valence-corrected chi connectivity index (χ1v) is 8.37. The van der Waals surface area contributed by atoms with Gasteiger partial charge in [0.05, 0.1) is 14.2 Å². The highest BCUT2D eigenvalue weighted by atomic mass is 35.5. The van der Waals surface area contributed by atoms with E-state index in [1.54, 1.807) is 24.3 Å². The van der Waals surface area contributed by atoms with Gasteiger partial charge in [-0.15, -0.1) is 0 Å². The van der Waals surface area contributed by atoms with Crippen LogP contribution in [-0.4, -0.2) is 26.2 Å². The van der Waals surface area contributed by atoms with Gasteiger partial charge in [0.15, 0.2) is 5.41 Å². The number of esters is 2. The van der Waals surface area contributed by atoms with Gasteiger partial charge < -0.3 is 9.47 Å². The predicted octanol–water partition coefficient (Wildman–Crippen LogP) is 4.02. The Morgan fingerprint density at radius 3 is 1.48 bits per heavy atom. The smallest absolute Gasteiger partial charge is 0.324 e. The second kappa shape index (κ2) is 6.36. The quantitative estimate of drug-likeness (QED) is 0.595. The maximum absolute atomic E-state index is 12.6. The summed E-state index contributed by atoms with van der Waals surface area (Å²) in [6.45, 7) is 0. The van der Waals surface area contributed by atoms with Crippen LogP contribution < -0.4 is 0 Å². The highest BCUT2D eigenvalue weighted by molar-refractivity contribution is 6.30. The number of ether oxygens (including phenoxy) is 2. The van der Waals surface area contributed by atoms with E-state index in [9.17, 15) is 9.59 Å². The van der Waals surface area contributed by atoms with Gasteiger partial charge in [0.2, 0.25) is 0 Å². The van der Waals surface area contributed by atoms with E-state index >= 15 is 0 Å². The van der Waals surface area contributed by atoms with Gasteiger partial charge in [-0.05, 0) is 41.8 Å². The van der Waals surface area contributed by atoms with E-state index in [1.165, 1.54) is 14.2 Å². The molecule has 130 valence electrons. The molecule has 0 amide bonds. The molecular weight excluding hydrogens is 363 g/mol. The zero-order valence-corrected chi connectivity index (χ0v) is 15.2. The van der Waals surface area contributed by atoms with Gasteiger partial charge in [-0.3, -0.25) is 9.59 Å². The second-order valence-corrected chi connectivity index (χ2v) is 6.86. The van der Waals surface area contributed by atoms with Crippen LogP contribution in [0, 0.1) is 5.41 Å². The standard InChI is InChI=1S/C19H16Cl2O4/c1-24-16(22)19(17(23)25-2)11-18(19,12-3-7-14(20)8-4-12)13-5-9-15(21)10-6-13/h3-10H,11H2,1-2H3. The van der Waals surface area contributed by atoms with Crippen LogP contribution in [0.4, 0.5) is 0 Å². The van der Waals surface area contributed by atoms with Crippen LogP contribution in [0.5, 0.6) is 0 Å². The fraction of sp³-hybridized carbons (Fsp3) is 0.263. The van der Waals surface area contributed by atoms with E-state index in [-0.39, 0.29) is 6.42 Å². The van der Waals surface area contributed by atoms with Gasteiger partial charge in [-0.2, -0.15) is 0 Å². The lowest BCUT2D eigenvalue weighted by Gasteiger charge is -2.24. The molecule has 2 aromatic carbocycles. The van der Waals surface area contributed by atoms with Gasteiger partial charge >= 0.3 is 11.9 Å². The lowest BCUT2D eigenvalue weighted by Crippen LogP contribution is -2.36. The van der Waals surface area contributed by atoms with Gasteiger partial charge in [0.1, 0.15) is 0 Å². The molecule has 0 spiro atoms. The van der Waals surface area contributed by atoms with E-state index in [2.05, 4.69) is 0 Å². The summed E-state index contributed by atoms with van der Waals surface area (Å²) in [6, 6.07) is 14.2. The number of carbonyl (C=O) groups is 2. The first-order chi connectivity index (χ1) is 11.9. The van der Waals surface area contributed by atoms with Crippen molar-refractivity contribution in [3.8, 4) is 0 Å². The monoisotopic (exact) mass is 378 g/mol. The lowest BCUT2D eigenvalue weighted by atomic mass is 9.80. The fourth-order valence-electron chi connectivity index (χ4n) is 3.61. The Balaban J connectivity index is 2.24. The van der Waals surface area contributed by atoms with Crippen LogP contribution in [-0.2, 0) is 24.5 Å². The SMILES string of the molecule is COC(=O)C1(C(=O)OC)CC1(c1ccc(Cl)cc1)c1ccc(Cl)cc1. The summed E-state index contributed by atoms with van der Waals surface area (Å²) >= 11 is 12.0. The third-order valence-electron chi connectivity index (χ3n) is 4.88. The molecule has 25 heavy (non-hydrogen) atoms. The summed E-state index contributed by atoms with van der Waals surface area (Å²) in [4.78, 5) is 25.2. The van der Waals surface area contributed by atoms with Crippen molar-refractivity contribution < 1.29 is 19.1 Å². The van der Waals surface area contributed by atoms with Crippen molar-refractivity contribution in [2.75, 3.05) is 14.2 Å². The minimum Gasteiger partial charge on any atom is -0.468 e. The number of carbonyl (C=O) groups excluding carboxylic acids is 2. The summed E-state index contributed by atoms with van der Waals surface area (Å²) in [5, 5.41) is 1.13. The first kappa shape index (κ1) is 17.8. The molecule has 0 radical (unpaired) electrons. The maximum atomic E-state index is 12.6. The number of halogens is 2. The van der Waals surface area contributed by atoms with Crippen LogP contribution in [0.1, 0.15) is 17.5 Å². The summed E-state index contributed by atoms with van der Waals surface area (Å²) in [7, 11) is 2.53. The predicted molar refractivity (Wildman–Crippen MR) is 94.8 cm³/mol. The van der Waals surface area contributed by atoms with Gasteiger partial charge in [0.25, 0.3) is 0 Å². The molecule has 1 saturated carbocycles. The zero-order valence-electron chi connectivity index (χ0n) is 13.7. The van der Waals surface area contributed by atoms with Gasteiger partial charge in [-0.25, -0.2) is 0 Å². The molecule has 6 heteroatoms. The topological polar surface area (TPSA) is 52.6 Å². The molecule has 1 aliphatic carbocycles. The molecule has 1 aliphatic rings. The van der Waals surface area contributed by atoms with Crippen LogP contribution >= 0.6 is 23.2 Å². The molecule has 0 bridgehead atoms. The Labute approximate surface area is 155 Å². The normalized spacial score (nSPS) is 16.8. The van der Waals surface area contributed by atoms with E-state index < -0.39 is 22.8 Å². The van der Waals surface area contributed by atoms with Crippen molar-refractivity contribution in [3.05, 3.63) is 69.7 Å². The minimum atomic E-state index is -1.43. The van der Waals surface area contributed by atoms with Crippen molar-refractivity contribution in [2.45, 2.75) is 11.8 Å². The summed E-state index contributed by atoms with van der Waals surface area (Å²) in [5.74, 6) is -1.24. The summed E-state index contributed by atoms with van der Waals surface area (Å²) in [5.41, 5.74) is -0.745. The summed E-state index contributed by atoms with van der Waals surface area (Å²) < 4.78 is 9.91. The van der Waals surface area contributed by atoms with Crippen molar-refractivity contribution in [2.24, 2.45) is 5.41 Å². The average Bonchev–Trinajstić information content (AvgIpc) is 3.34. The van der Waals surface area contributed by atoms with E-state index in [0.29, 0.717) is 10.0 Å². The van der Waals surface area contributed by atoms with Crippen LogP contribution in [0.25, 0.3) is 0 Å². The molecule has 0 heterocycles. The van der Waals surface area contributed by atoms with E-state index in [4.69, 9.17) is 32.7 Å².